The van der Waals surface area contributed by atoms with E-state index in [2.05, 4.69) is 16.8 Å². The summed E-state index contributed by atoms with van der Waals surface area (Å²) in [6.45, 7) is 4.62. The number of aromatic nitrogens is 3. The number of rotatable bonds is 2. The average Bonchev–Trinajstić information content (AvgIpc) is 3.32. The molecular weight excluding hydrogens is 409 g/mol. The highest BCUT2D eigenvalue weighted by atomic mass is 35.5. The second-order valence-corrected chi connectivity index (χ2v) is 8.89. The third kappa shape index (κ3) is 3.01. The lowest BCUT2D eigenvalue weighted by atomic mass is 9.73. The summed E-state index contributed by atoms with van der Waals surface area (Å²) in [5.41, 5.74) is 9.20. The maximum atomic E-state index is 6.46. The van der Waals surface area contributed by atoms with Crippen molar-refractivity contribution in [1.82, 2.24) is 14.4 Å². The highest BCUT2D eigenvalue weighted by Crippen LogP contribution is 2.42. The average molecular weight is 432 g/mol. The molecule has 6 nitrogen and oxygen atoms in total. The summed E-state index contributed by atoms with van der Waals surface area (Å²) in [6.07, 6.45) is 7.62. The van der Waals surface area contributed by atoms with Crippen LogP contribution in [-0.2, 0) is 4.74 Å². The summed E-state index contributed by atoms with van der Waals surface area (Å²) >= 11 is 12.7. The van der Waals surface area contributed by atoms with Gasteiger partial charge in [0, 0.05) is 30.1 Å². The molecule has 2 aliphatic heterocycles. The van der Waals surface area contributed by atoms with Crippen LogP contribution >= 0.6 is 23.2 Å². The lowest BCUT2D eigenvalue weighted by Gasteiger charge is -2.41. The summed E-state index contributed by atoms with van der Waals surface area (Å²) < 4.78 is 7.87. The smallest absolute Gasteiger partial charge is 0.154 e. The summed E-state index contributed by atoms with van der Waals surface area (Å²) in [5.74, 6) is 0.930. The number of ether oxygens (including phenoxy) is 1. The summed E-state index contributed by atoms with van der Waals surface area (Å²) in [6, 6.07) is 5.71. The fourth-order valence-corrected chi connectivity index (χ4v) is 5.08. The maximum absolute atomic E-state index is 6.46. The van der Waals surface area contributed by atoms with Crippen LogP contribution in [0, 0.1) is 5.41 Å². The van der Waals surface area contributed by atoms with E-state index in [0.717, 1.165) is 55.1 Å². The molecule has 0 saturated carbocycles. The van der Waals surface area contributed by atoms with E-state index in [1.165, 1.54) is 0 Å². The van der Waals surface area contributed by atoms with Crippen LogP contribution in [0.15, 0.2) is 36.9 Å². The zero-order valence-corrected chi connectivity index (χ0v) is 17.7. The number of nitrogens with two attached hydrogens (primary N) is 1. The van der Waals surface area contributed by atoms with Crippen molar-refractivity contribution in [2.75, 3.05) is 24.6 Å². The second kappa shape index (κ2) is 7.13. The quantitative estimate of drug-likeness (QED) is 0.662. The Balaban J connectivity index is 1.47. The Bertz CT molecular complexity index is 1060. The van der Waals surface area contributed by atoms with E-state index < -0.39 is 0 Å². The minimum absolute atomic E-state index is 0.0840. The Labute approximate surface area is 179 Å². The number of benzene rings is 1. The normalized spacial score (nSPS) is 23.9. The van der Waals surface area contributed by atoms with E-state index >= 15 is 0 Å². The molecule has 2 N–H and O–H groups in total. The third-order valence-electron chi connectivity index (χ3n) is 6.57. The molecule has 0 aliphatic carbocycles. The van der Waals surface area contributed by atoms with Gasteiger partial charge in [0.1, 0.15) is 5.52 Å². The molecule has 2 atom stereocenters. The van der Waals surface area contributed by atoms with E-state index in [-0.39, 0.29) is 17.6 Å². The van der Waals surface area contributed by atoms with Crippen LogP contribution in [0.4, 0.5) is 5.82 Å². The molecule has 4 heterocycles. The van der Waals surface area contributed by atoms with Gasteiger partial charge in [-0.3, -0.25) is 4.40 Å². The van der Waals surface area contributed by atoms with Gasteiger partial charge in [-0.15, -0.1) is 0 Å². The monoisotopic (exact) mass is 431 g/mol. The largest absolute Gasteiger partial charge is 0.376 e. The number of fused-ring (bicyclic) bond motifs is 1. The van der Waals surface area contributed by atoms with E-state index in [0.29, 0.717) is 10.0 Å². The molecule has 2 saturated heterocycles. The molecule has 29 heavy (non-hydrogen) atoms. The van der Waals surface area contributed by atoms with Gasteiger partial charge >= 0.3 is 0 Å². The fourth-order valence-electron chi connectivity index (χ4n) is 4.68. The van der Waals surface area contributed by atoms with Gasteiger partial charge in [-0.05, 0) is 25.8 Å². The van der Waals surface area contributed by atoms with Crippen molar-refractivity contribution >= 4 is 34.5 Å². The van der Waals surface area contributed by atoms with Crippen molar-refractivity contribution in [3.8, 4) is 11.3 Å². The van der Waals surface area contributed by atoms with E-state index in [1.807, 2.05) is 28.9 Å². The number of hydrogen-bond acceptors (Lipinski definition) is 5. The first kappa shape index (κ1) is 19.1. The first-order valence-corrected chi connectivity index (χ1v) is 10.6. The zero-order valence-electron chi connectivity index (χ0n) is 16.2. The van der Waals surface area contributed by atoms with Crippen molar-refractivity contribution in [1.29, 1.82) is 0 Å². The molecule has 0 amide bonds. The van der Waals surface area contributed by atoms with Gasteiger partial charge < -0.3 is 15.4 Å². The standard InChI is InChI=1S/C21H23Cl2N5O/c1-13-19(24)21(11-29-13)5-7-27(8-6-21)20-17-9-25-12-28(17)16(10-26-20)14-3-2-4-15(22)18(14)23/h2-4,9-10,12-13,19H,5-8,11,24H2,1H3/t13-,19?/m0/s1. The number of imidazole rings is 1. The highest BCUT2D eigenvalue weighted by Gasteiger charge is 2.47. The van der Waals surface area contributed by atoms with Gasteiger partial charge in [0.05, 0.1) is 47.2 Å². The summed E-state index contributed by atoms with van der Waals surface area (Å²) in [7, 11) is 0. The first-order valence-electron chi connectivity index (χ1n) is 9.88. The first-order chi connectivity index (χ1) is 14.0. The van der Waals surface area contributed by atoms with Crippen LogP contribution in [0.3, 0.4) is 0 Å². The van der Waals surface area contributed by atoms with Gasteiger partial charge in [-0.25, -0.2) is 9.97 Å². The molecule has 2 aliphatic rings. The number of hydrogen-bond donors (Lipinski definition) is 1. The van der Waals surface area contributed by atoms with Gasteiger partial charge in [0.2, 0.25) is 0 Å². The summed E-state index contributed by atoms with van der Waals surface area (Å²) in [4.78, 5) is 11.5. The number of anilines is 1. The molecule has 0 bridgehead atoms. The van der Waals surface area contributed by atoms with Crippen molar-refractivity contribution < 1.29 is 4.74 Å². The fraction of sp³-hybridized carbons (Fsp3) is 0.429. The van der Waals surface area contributed by atoms with Crippen molar-refractivity contribution in [2.45, 2.75) is 31.9 Å². The van der Waals surface area contributed by atoms with Crippen LogP contribution < -0.4 is 10.6 Å². The minimum Gasteiger partial charge on any atom is -0.376 e. The van der Waals surface area contributed by atoms with E-state index in [9.17, 15) is 0 Å². The molecule has 2 fully saturated rings. The molecule has 1 unspecified atom stereocenters. The lowest BCUT2D eigenvalue weighted by molar-refractivity contribution is 0.0974. The van der Waals surface area contributed by atoms with Crippen LogP contribution in [0.25, 0.3) is 16.8 Å². The second-order valence-electron chi connectivity index (χ2n) is 8.11. The molecule has 3 aromatic rings. The minimum atomic E-state index is 0.0840. The maximum Gasteiger partial charge on any atom is 0.154 e. The van der Waals surface area contributed by atoms with Gasteiger partial charge in [-0.1, -0.05) is 35.3 Å². The summed E-state index contributed by atoms with van der Waals surface area (Å²) in [5, 5.41) is 1.04. The Morgan fingerprint density at radius 1 is 1.21 bits per heavy atom. The molecule has 1 aromatic carbocycles. The predicted octanol–water partition coefficient (Wildman–Crippen LogP) is 4.04. The zero-order chi connectivity index (χ0) is 20.2. The molecule has 5 rings (SSSR count). The van der Waals surface area contributed by atoms with E-state index in [1.54, 1.807) is 12.4 Å². The van der Waals surface area contributed by atoms with Crippen molar-refractivity contribution in [3.63, 3.8) is 0 Å². The topological polar surface area (TPSA) is 68.7 Å². The number of piperidine rings is 1. The van der Waals surface area contributed by atoms with Gasteiger partial charge in [0.25, 0.3) is 0 Å². The lowest BCUT2D eigenvalue weighted by Crippen LogP contribution is -2.50. The highest BCUT2D eigenvalue weighted by molar-refractivity contribution is 6.43. The Hall–Kier alpha value is -1.86. The van der Waals surface area contributed by atoms with Crippen LogP contribution in [0.1, 0.15) is 19.8 Å². The molecular formula is C21H23Cl2N5O. The molecule has 2 aromatic heterocycles. The molecule has 1 spiro atoms. The Morgan fingerprint density at radius 3 is 2.72 bits per heavy atom. The van der Waals surface area contributed by atoms with Crippen LogP contribution in [0.2, 0.25) is 10.0 Å². The van der Waals surface area contributed by atoms with Crippen LogP contribution in [-0.4, -0.2) is 46.2 Å². The van der Waals surface area contributed by atoms with Gasteiger partial charge in [0.15, 0.2) is 5.82 Å². The number of nitrogens with zero attached hydrogens (tertiary/aromatic N) is 4. The number of halogens is 2. The molecule has 0 radical (unpaired) electrons. The van der Waals surface area contributed by atoms with Gasteiger partial charge in [-0.2, -0.15) is 0 Å². The predicted molar refractivity (Wildman–Crippen MR) is 116 cm³/mol. The Kier molecular flexibility index (Phi) is 4.70. The molecule has 8 heteroatoms. The van der Waals surface area contributed by atoms with E-state index in [4.69, 9.17) is 38.7 Å². The molecule has 152 valence electrons. The van der Waals surface area contributed by atoms with Crippen molar-refractivity contribution in [3.05, 3.63) is 47.0 Å². The third-order valence-corrected chi connectivity index (χ3v) is 7.39. The SMILES string of the molecule is C[C@@H]1OCC2(CCN(c3ncc(-c4cccc(Cl)c4Cl)n4cncc34)CC2)C1N. The van der Waals surface area contributed by atoms with Crippen molar-refractivity contribution in [2.24, 2.45) is 11.1 Å². The Morgan fingerprint density at radius 2 is 2.00 bits per heavy atom. The van der Waals surface area contributed by atoms with Crippen LogP contribution in [0.5, 0.6) is 0 Å².